The van der Waals surface area contributed by atoms with Gasteiger partial charge < -0.3 is 15.0 Å². The number of hydrogen-bond acceptors (Lipinski definition) is 6. The number of rotatable bonds is 5. The number of ether oxygens (including phenoxy) is 1. The fourth-order valence-electron chi connectivity index (χ4n) is 4.70. The molecule has 1 saturated heterocycles. The van der Waals surface area contributed by atoms with Gasteiger partial charge in [0, 0.05) is 29.9 Å². The lowest BCUT2D eigenvalue weighted by Gasteiger charge is -2.35. The molecule has 0 radical (unpaired) electrons. The van der Waals surface area contributed by atoms with Crippen LogP contribution in [0.15, 0.2) is 59.9 Å². The van der Waals surface area contributed by atoms with E-state index in [4.69, 9.17) is 21.3 Å². The second-order valence-electron chi connectivity index (χ2n) is 9.34. The molecule has 0 unspecified atom stereocenters. The summed E-state index contributed by atoms with van der Waals surface area (Å²) in [5.41, 5.74) is 2.59. The molecule has 2 aliphatic heterocycles. The molecule has 2 aliphatic rings. The van der Waals surface area contributed by atoms with Gasteiger partial charge in [0.05, 0.1) is 35.5 Å². The number of carbonyl (C=O) groups excluding carboxylic acids is 2. The fraction of sp³-hybridized carbons (Fsp3) is 0.296. The highest BCUT2D eigenvalue weighted by molar-refractivity contribution is 6.30. The maximum Gasteiger partial charge on any atom is 0.326 e. The van der Waals surface area contributed by atoms with Crippen LogP contribution in [0.4, 0.5) is 4.79 Å². The van der Waals surface area contributed by atoms with E-state index in [0.29, 0.717) is 40.8 Å². The first-order chi connectivity index (χ1) is 18.4. The van der Waals surface area contributed by atoms with Gasteiger partial charge in [-0.25, -0.2) is 4.79 Å². The number of nitrogens with zero attached hydrogens (tertiary/aromatic N) is 5. The van der Waals surface area contributed by atoms with Crippen LogP contribution in [0.2, 0.25) is 5.02 Å². The Morgan fingerprint density at radius 3 is 2.66 bits per heavy atom. The van der Waals surface area contributed by atoms with Crippen LogP contribution in [0.25, 0.3) is 0 Å². The predicted octanol–water partition coefficient (Wildman–Crippen LogP) is 3.82. The Morgan fingerprint density at radius 1 is 1.21 bits per heavy atom. The molecular weight excluding hydrogens is 506 g/mol. The molecule has 0 saturated carbocycles. The number of aliphatic imine (C=N–C) groups is 1. The van der Waals surface area contributed by atoms with Crippen LogP contribution in [0.5, 0.6) is 5.75 Å². The van der Waals surface area contributed by atoms with Crippen molar-refractivity contribution in [2.24, 2.45) is 4.99 Å². The third-order valence-electron chi connectivity index (χ3n) is 6.37. The number of halogens is 1. The smallest absolute Gasteiger partial charge is 0.326 e. The van der Waals surface area contributed by atoms with Crippen molar-refractivity contribution in [1.29, 1.82) is 5.26 Å². The molecule has 5 rings (SSSR count). The second kappa shape index (κ2) is 10.6. The summed E-state index contributed by atoms with van der Waals surface area (Å²) in [7, 11) is 0. The van der Waals surface area contributed by atoms with Crippen molar-refractivity contribution < 1.29 is 14.3 Å². The number of nitriles is 1. The van der Waals surface area contributed by atoms with Gasteiger partial charge in [0.15, 0.2) is 0 Å². The predicted molar refractivity (Wildman–Crippen MR) is 141 cm³/mol. The zero-order chi connectivity index (χ0) is 26.8. The Hall–Kier alpha value is -4.36. The van der Waals surface area contributed by atoms with Crippen LogP contribution in [0, 0.1) is 11.3 Å². The number of amidine groups is 1. The number of urea groups is 1. The monoisotopic (exact) mass is 531 g/mol. The van der Waals surface area contributed by atoms with Crippen molar-refractivity contribution in [2.75, 3.05) is 19.6 Å². The zero-order valence-corrected chi connectivity index (χ0v) is 21.6. The first-order valence-corrected chi connectivity index (χ1v) is 12.6. The highest BCUT2D eigenvalue weighted by atomic mass is 35.5. The molecule has 0 bridgehead atoms. The molecule has 0 aliphatic carbocycles. The topological polar surface area (TPSA) is 127 Å². The molecule has 194 valence electrons. The highest BCUT2D eigenvalue weighted by Crippen LogP contribution is 2.45. The lowest BCUT2D eigenvalue weighted by Crippen LogP contribution is -2.55. The number of hydrogen-bond donors (Lipinski definition) is 2. The van der Waals surface area contributed by atoms with Crippen LogP contribution >= 0.6 is 11.6 Å². The van der Waals surface area contributed by atoms with Crippen molar-refractivity contribution in [3.05, 3.63) is 82.1 Å². The molecule has 11 heteroatoms. The summed E-state index contributed by atoms with van der Waals surface area (Å²) in [6, 6.07) is 13.1. The van der Waals surface area contributed by atoms with Crippen LogP contribution in [0.1, 0.15) is 48.2 Å². The minimum absolute atomic E-state index is 0.0605. The van der Waals surface area contributed by atoms with Crippen molar-refractivity contribution in [3.63, 3.8) is 0 Å². The molecule has 2 atom stereocenters. The van der Waals surface area contributed by atoms with Gasteiger partial charge in [-0.05, 0) is 49.7 Å². The van der Waals surface area contributed by atoms with Gasteiger partial charge in [-0.1, -0.05) is 23.7 Å². The summed E-state index contributed by atoms with van der Waals surface area (Å²) in [6.45, 7) is 4.44. The zero-order valence-electron chi connectivity index (χ0n) is 20.9. The van der Waals surface area contributed by atoms with E-state index in [1.54, 1.807) is 47.6 Å². The average Bonchev–Trinajstić information content (AvgIpc) is 3.56. The number of aromatic amines is 1. The Morgan fingerprint density at radius 2 is 2.00 bits per heavy atom. The average molecular weight is 532 g/mol. The summed E-state index contributed by atoms with van der Waals surface area (Å²) in [6.07, 6.45) is 3.22. The number of benzene rings is 2. The molecule has 3 aromatic rings. The molecular formula is C27H26ClN7O3. The van der Waals surface area contributed by atoms with Gasteiger partial charge in [0.2, 0.25) is 5.91 Å². The first-order valence-electron chi connectivity index (χ1n) is 12.2. The van der Waals surface area contributed by atoms with E-state index in [1.165, 1.54) is 4.90 Å². The Labute approximate surface area is 224 Å². The molecule has 0 spiro atoms. The normalized spacial score (nSPS) is 19.2. The largest absolute Gasteiger partial charge is 0.490 e. The van der Waals surface area contributed by atoms with Gasteiger partial charge >= 0.3 is 6.03 Å². The van der Waals surface area contributed by atoms with Crippen molar-refractivity contribution in [2.45, 2.75) is 32.0 Å². The van der Waals surface area contributed by atoms with Gasteiger partial charge in [0.1, 0.15) is 24.2 Å². The lowest BCUT2D eigenvalue weighted by atomic mass is 9.95. The van der Waals surface area contributed by atoms with Gasteiger partial charge in [0.25, 0.3) is 0 Å². The number of amides is 3. The highest BCUT2D eigenvalue weighted by Gasteiger charge is 2.45. The Balaban J connectivity index is 1.69. The van der Waals surface area contributed by atoms with E-state index in [1.807, 2.05) is 26.0 Å². The van der Waals surface area contributed by atoms with Crippen molar-refractivity contribution in [1.82, 2.24) is 25.3 Å². The summed E-state index contributed by atoms with van der Waals surface area (Å²) in [4.78, 5) is 34.6. The molecule has 38 heavy (non-hydrogen) atoms. The molecule has 2 N–H and O–H groups in total. The number of nitrogens with one attached hydrogen (secondary N) is 2. The maximum absolute atomic E-state index is 14.2. The number of H-pyrrole nitrogens is 1. The third-order valence-corrected chi connectivity index (χ3v) is 6.62. The van der Waals surface area contributed by atoms with Crippen molar-refractivity contribution >= 4 is 29.4 Å². The van der Waals surface area contributed by atoms with Gasteiger partial charge in [-0.2, -0.15) is 10.4 Å². The van der Waals surface area contributed by atoms with Gasteiger partial charge in [-0.15, -0.1) is 0 Å². The minimum Gasteiger partial charge on any atom is -0.490 e. The van der Waals surface area contributed by atoms with E-state index >= 15 is 0 Å². The summed E-state index contributed by atoms with van der Waals surface area (Å²) in [5, 5.41) is 19.8. The second-order valence-corrected chi connectivity index (χ2v) is 9.78. The molecule has 1 fully saturated rings. The summed E-state index contributed by atoms with van der Waals surface area (Å²) >= 11 is 6.17. The van der Waals surface area contributed by atoms with Crippen molar-refractivity contribution in [3.8, 4) is 11.8 Å². The van der Waals surface area contributed by atoms with E-state index in [-0.39, 0.29) is 24.6 Å². The van der Waals surface area contributed by atoms with E-state index in [2.05, 4.69) is 21.6 Å². The SMILES string of the molecule is CC(C)Oc1cc(C#N)ccc1C1=N[C@@H](c2ccc(Cl)cc2)[C@@H](c2cn[nH]c2)N1C(=O)N1CCNC(=O)C1. The lowest BCUT2D eigenvalue weighted by molar-refractivity contribution is -0.123. The molecule has 3 heterocycles. The van der Waals surface area contributed by atoms with Crippen LogP contribution < -0.4 is 10.1 Å². The minimum atomic E-state index is -0.565. The van der Waals surface area contributed by atoms with Crippen LogP contribution in [-0.4, -0.2) is 63.5 Å². The molecule has 1 aromatic heterocycles. The Kier molecular flexibility index (Phi) is 7.03. The fourth-order valence-corrected chi connectivity index (χ4v) is 4.83. The first kappa shape index (κ1) is 25.3. The van der Waals surface area contributed by atoms with E-state index in [0.717, 1.165) is 11.1 Å². The maximum atomic E-state index is 14.2. The summed E-state index contributed by atoms with van der Waals surface area (Å²) in [5.74, 6) is 0.598. The molecule has 10 nitrogen and oxygen atoms in total. The summed E-state index contributed by atoms with van der Waals surface area (Å²) < 4.78 is 6.09. The number of carbonyl (C=O) groups is 2. The van der Waals surface area contributed by atoms with E-state index < -0.39 is 12.1 Å². The molecule has 3 amide bonds. The van der Waals surface area contributed by atoms with Crippen LogP contribution in [-0.2, 0) is 4.79 Å². The molecule has 2 aromatic carbocycles. The van der Waals surface area contributed by atoms with Crippen LogP contribution in [0.3, 0.4) is 0 Å². The third kappa shape index (κ3) is 4.93. The Bertz CT molecular complexity index is 1410. The number of piperazine rings is 1. The van der Waals surface area contributed by atoms with Gasteiger partial charge in [-0.3, -0.25) is 19.8 Å². The standard InChI is InChI=1S/C27H26ClN7O3/c1-16(2)38-22-11-17(12-29)3-8-21(22)26-33-24(18-4-6-20(28)7-5-18)25(19-13-31-32-14-19)35(26)27(37)34-10-9-30-23(36)15-34/h3-8,11,13-14,16,24-25H,9-10,15H2,1-2H3,(H,30,36)(H,31,32)/t24-,25+/m0/s1. The quantitative estimate of drug-likeness (QED) is 0.517. The number of aromatic nitrogens is 2. The van der Waals surface area contributed by atoms with E-state index in [9.17, 15) is 14.9 Å².